The Morgan fingerprint density at radius 2 is 2.00 bits per heavy atom. The Labute approximate surface area is 113 Å². The van der Waals surface area contributed by atoms with Gasteiger partial charge >= 0.3 is 5.97 Å². The predicted octanol–water partition coefficient (Wildman–Crippen LogP) is 3.56. The molecule has 5 heteroatoms. The monoisotopic (exact) mass is 270 g/mol. The Balaban J connectivity index is 2.72. The van der Waals surface area contributed by atoms with Crippen LogP contribution in [0.15, 0.2) is 6.20 Å². The quantitative estimate of drug-likeness (QED) is 0.850. The van der Waals surface area contributed by atoms with E-state index < -0.39 is 0 Å². The van der Waals surface area contributed by atoms with Crippen LogP contribution in [0, 0.1) is 5.41 Å². The van der Waals surface area contributed by atoms with E-state index in [1.54, 1.807) is 6.20 Å². The van der Waals surface area contributed by atoms with E-state index in [1.165, 1.54) is 18.4 Å². The van der Waals surface area contributed by atoms with E-state index in [2.05, 4.69) is 49.7 Å². The van der Waals surface area contributed by atoms with Crippen molar-refractivity contribution in [1.82, 2.24) is 4.98 Å². The van der Waals surface area contributed by atoms with E-state index in [0.29, 0.717) is 4.88 Å². The largest absolute Gasteiger partial charge is 0.465 e. The number of carbonyl (C=O) groups excluding carboxylic acids is 1. The van der Waals surface area contributed by atoms with Gasteiger partial charge in [0.05, 0.1) is 13.3 Å². The maximum absolute atomic E-state index is 11.3. The van der Waals surface area contributed by atoms with Crippen molar-refractivity contribution in [2.75, 3.05) is 12.4 Å². The van der Waals surface area contributed by atoms with Crippen molar-refractivity contribution >= 4 is 22.4 Å². The molecule has 0 saturated carbocycles. The second-order valence-corrected chi connectivity index (χ2v) is 7.30. The fourth-order valence-corrected chi connectivity index (χ4v) is 3.10. The molecule has 1 aromatic heterocycles. The molecule has 0 atom stereocenters. The van der Waals surface area contributed by atoms with Gasteiger partial charge in [-0.2, -0.15) is 0 Å². The van der Waals surface area contributed by atoms with Crippen molar-refractivity contribution in [3.05, 3.63) is 11.1 Å². The molecule has 1 rings (SSSR count). The summed E-state index contributed by atoms with van der Waals surface area (Å²) in [6.45, 7) is 10.9. The van der Waals surface area contributed by atoms with Crippen molar-refractivity contribution in [3.63, 3.8) is 0 Å². The average molecular weight is 270 g/mol. The summed E-state index contributed by atoms with van der Waals surface area (Å²) in [5, 5.41) is 4.13. The van der Waals surface area contributed by atoms with Crippen molar-refractivity contribution in [2.45, 2.75) is 46.6 Å². The number of hydrogen-bond acceptors (Lipinski definition) is 5. The molecule has 1 aromatic rings. The standard InChI is InChI=1S/C13H22N2O2S/c1-12(2,3)8-13(4,5)15-11-14-7-9(18-11)10(16)17-6/h7H,8H2,1-6H3,(H,14,15). The number of hydrogen-bond donors (Lipinski definition) is 1. The Morgan fingerprint density at radius 3 is 2.50 bits per heavy atom. The first kappa shape index (κ1) is 15.0. The zero-order valence-corrected chi connectivity index (χ0v) is 12.8. The Bertz CT molecular complexity index is 419. The molecule has 102 valence electrons. The van der Waals surface area contributed by atoms with Crippen LogP contribution < -0.4 is 5.32 Å². The summed E-state index contributed by atoms with van der Waals surface area (Å²) in [4.78, 5) is 16.1. The van der Waals surface area contributed by atoms with Gasteiger partial charge in [-0.1, -0.05) is 32.1 Å². The molecule has 0 radical (unpaired) electrons. The van der Waals surface area contributed by atoms with Gasteiger partial charge in [-0.05, 0) is 25.7 Å². The summed E-state index contributed by atoms with van der Waals surface area (Å²) in [7, 11) is 1.37. The number of aromatic nitrogens is 1. The van der Waals surface area contributed by atoms with E-state index in [0.717, 1.165) is 11.6 Å². The molecular formula is C13H22N2O2S. The van der Waals surface area contributed by atoms with Gasteiger partial charge in [0.15, 0.2) is 5.13 Å². The van der Waals surface area contributed by atoms with Gasteiger partial charge in [-0.3, -0.25) is 0 Å². The van der Waals surface area contributed by atoms with Crippen molar-refractivity contribution < 1.29 is 9.53 Å². The summed E-state index contributed by atoms with van der Waals surface area (Å²) < 4.78 is 4.66. The highest BCUT2D eigenvalue weighted by atomic mass is 32.1. The lowest BCUT2D eigenvalue weighted by molar-refractivity contribution is 0.0606. The first-order valence-corrected chi connectivity index (χ1v) is 6.77. The van der Waals surface area contributed by atoms with Gasteiger partial charge in [-0.15, -0.1) is 0 Å². The van der Waals surface area contributed by atoms with Gasteiger partial charge in [0, 0.05) is 5.54 Å². The molecule has 0 saturated heterocycles. The zero-order chi connectivity index (χ0) is 14.0. The molecule has 0 aliphatic heterocycles. The van der Waals surface area contributed by atoms with Crippen LogP contribution in [-0.4, -0.2) is 23.6 Å². The van der Waals surface area contributed by atoms with E-state index in [-0.39, 0.29) is 16.9 Å². The molecule has 0 spiro atoms. The number of nitrogens with one attached hydrogen (secondary N) is 1. The Kier molecular flexibility index (Phi) is 4.37. The molecule has 1 N–H and O–H groups in total. The van der Waals surface area contributed by atoms with Crippen LogP contribution in [0.4, 0.5) is 5.13 Å². The Hall–Kier alpha value is -1.10. The van der Waals surface area contributed by atoms with Crippen LogP contribution >= 0.6 is 11.3 Å². The number of rotatable bonds is 4. The highest BCUT2D eigenvalue weighted by Gasteiger charge is 2.26. The second kappa shape index (κ2) is 5.26. The molecule has 0 bridgehead atoms. The number of methoxy groups -OCH3 is 1. The van der Waals surface area contributed by atoms with Crippen LogP contribution in [0.1, 0.15) is 50.7 Å². The number of esters is 1. The zero-order valence-electron chi connectivity index (χ0n) is 12.0. The molecule has 4 nitrogen and oxygen atoms in total. The molecular weight excluding hydrogens is 248 g/mol. The summed E-state index contributed by atoms with van der Waals surface area (Å²) in [6, 6.07) is 0. The second-order valence-electron chi connectivity index (χ2n) is 6.27. The average Bonchev–Trinajstić information content (AvgIpc) is 2.60. The molecule has 0 unspecified atom stereocenters. The van der Waals surface area contributed by atoms with Crippen LogP contribution in [0.5, 0.6) is 0 Å². The molecule has 0 fully saturated rings. The van der Waals surface area contributed by atoms with E-state index in [4.69, 9.17) is 0 Å². The number of ether oxygens (including phenoxy) is 1. The molecule has 1 heterocycles. The van der Waals surface area contributed by atoms with Crippen LogP contribution in [0.3, 0.4) is 0 Å². The molecule has 0 aromatic carbocycles. The number of carbonyl (C=O) groups is 1. The van der Waals surface area contributed by atoms with Crippen LogP contribution in [0.2, 0.25) is 0 Å². The van der Waals surface area contributed by atoms with E-state index >= 15 is 0 Å². The van der Waals surface area contributed by atoms with Crippen LogP contribution in [0.25, 0.3) is 0 Å². The highest BCUT2D eigenvalue weighted by Crippen LogP contribution is 2.31. The molecule has 0 aliphatic carbocycles. The highest BCUT2D eigenvalue weighted by molar-refractivity contribution is 7.17. The molecule has 0 aliphatic rings. The summed E-state index contributed by atoms with van der Waals surface area (Å²) >= 11 is 1.32. The third kappa shape index (κ3) is 4.64. The Morgan fingerprint density at radius 1 is 1.39 bits per heavy atom. The maximum Gasteiger partial charge on any atom is 0.349 e. The van der Waals surface area contributed by atoms with Gasteiger partial charge < -0.3 is 10.1 Å². The summed E-state index contributed by atoms with van der Waals surface area (Å²) in [5.41, 5.74) is 0.169. The third-order valence-electron chi connectivity index (χ3n) is 2.31. The first-order valence-electron chi connectivity index (χ1n) is 5.95. The lowest BCUT2D eigenvalue weighted by Gasteiger charge is -2.33. The summed E-state index contributed by atoms with van der Waals surface area (Å²) in [6.07, 6.45) is 2.55. The normalized spacial score (nSPS) is 12.3. The fourth-order valence-electron chi connectivity index (χ4n) is 2.19. The lowest BCUT2D eigenvalue weighted by Crippen LogP contribution is -2.35. The fraction of sp³-hybridized carbons (Fsp3) is 0.692. The number of nitrogens with zero attached hydrogens (tertiary/aromatic N) is 1. The van der Waals surface area contributed by atoms with Gasteiger partial charge in [-0.25, -0.2) is 9.78 Å². The number of thiazole rings is 1. The van der Waals surface area contributed by atoms with E-state index in [9.17, 15) is 4.79 Å². The van der Waals surface area contributed by atoms with Crippen molar-refractivity contribution in [2.24, 2.45) is 5.41 Å². The van der Waals surface area contributed by atoms with Gasteiger partial charge in [0.2, 0.25) is 0 Å². The minimum absolute atomic E-state index is 0.0660. The minimum atomic E-state index is -0.339. The van der Waals surface area contributed by atoms with E-state index in [1.807, 2.05) is 0 Å². The molecule has 18 heavy (non-hydrogen) atoms. The first-order chi connectivity index (χ1) is 8.13. The SMILES string of the molecule is COC(=O)c1cnc(NC(C)(C)CC(C)(C)C)s1. The lowest BCUT2D eigenvalue weighted by atomic mass is 9.82. The maximum atomic E-state index is 11.3. The number of anilines is 1. The summed E-state index contributed by atoms with van der Waals surface area (Å²) in [5.74, 6) is -0.339. The predicted molar refractivity (Wildman–Crippen MR) is 75.2 cm³/mol. The van der Waals surface area contributed by atoms with Crippen molar-refractivity contribution in [3.8, 4) is 0 Å². The van der Waals surface area contributed by atoms with Crippen molar-refractivity contribution in [1.29, 1.82) is 0 Å². The van der Waals surface area contributed by atoms with Gasteiger partial charge in [0.25, 0.3) is 0 Å². The third-order valence-corrected chi connectivity index (χ3v) is 3.20. The smallest absolute Gasteiger partial charge is 0.349 e. The van der Waals surface area contributed by atoms with Gasteiger partial charge in [0.1, 0.15) is 4.88 Å². The molecule has 0 amide bonds. The van der Waals surface area contributed by atoms with Crippen LogP contribution in [-0.2, 0) is 4.74 Å². The minimum Gasteiger partial charge on any atom is -0.465 e. The topological polar surface area (TPSA) is 51.2 Å².